The first kappa shape index (κ1) is 18.7. The molecule has 0 bridgehead atoms. The molecule has 1 unspecified atom stereocenters. The lowest BCUT2D eigenvalue weighted by Gasteiger charge is -2.27. The van der Waals surface area contributed by atoms with Crippen molar-refractivity contribution >= 4 is 46.4 Å². The van der Waals surface area contributed by atoms with E-state index in [4.69, 9.17) is 39.5 Å². The molecule has 0 radical (unpaired) electrons. The number of ether oxygens (including phenoxy) is 1. The Labute approximate surface area is 156 Å². The van der Waals surface area contributed by atoms with Crippen molar-refractivity contribution in [2.75, 3.05) is 12.4 Å². The summed E-state index contributed by atoms with van der Waals surface area (Å²) in [5.41, 5.74) is 2.21. The highest BCUT2D eigenvalue weighted by molar-refractivity contribution is 6.68. The third kappa shape index (κ3) is 5.20. The molecule has 0 spiro atoms. The third-order valence-electron chi connectivity index (χ3n) is 3.28. The average molecular weight is 388 g/mol. The molecule has 1 atom stereocenters. The number of hydrogen-bond acceptors (Lipinski definition) is 3. The summed E-state index contributed by atoms with van der Waals surface area (Å²) in [6.07, 6.45) is -0.904. The van der Waals surface area contributed by atoms with Gasteiger partial charge in [-0.05, 0) is 48.9 Å². The molecule has 7 heteroatoms. The molecule has 0 fully saturated rings. The van der Waals surface area contributed by atoms with E-state index in [0.29, 0.717) is 11.3 Å². The normalized spacial score (nSPS) is 12.4. The van der Waals surface area contributed by atoms with E-state index in [1.165, 1.54) is 0 Å². The maximum absolute atomic E-state index is 12.4. The molecule has 0 saturated carbocycles. The number of methoxy groups -OCH3 is 1. The van der Waals surface area contributed by atoms with Gasteiger partial charge in [0.05, 0.1) is 7.11 Å². The zero-order chi connectivity index (χ0) is 17.7. The molecule has 0 saturated heterocycles. The maximum atomic E-state index is 12.4. The summed E-state index contributed by atoms with van der Waals surface area (Å²) in [5, 5.41) is 5.72. The van der Waals surface area contributed by atoms with Crippen molar-refractivity contribution < 1.29 is 9.53 Å². The van der Waals surface area contributed by atoms with Crippen LogP contribution in [0, 0.1) is 6.92 Å². The van der Waals surface area contributed by atoms with Crippen molar-refractivity contribution in [3.05, 3.63) is 59.7 Å². The second-order valence-corrected chi connectivity index (χ2v) is 7.56. The quantitative estimate of drug-likeness (QED) is 0.585. The molecule has 1 amide bonds. The van der Waals surface area contributed by atoms with Crippen molar-refractivity contribution in [3.8, 4) is 5.75 Å². The zero-order valence-corrected chi connectivity index (χ0v) is 15.4. The fraction of sp³-hybridized carbons (Fsp3) is 0.235. The Kier molecular flexibility index (Phi) is 6.21. The SMILES string of the molecule is COc1ccc(C(=O)NC(Nc2cccc(C)c2)C(Cl)(Cl)Cl)cc1. The first-order valence-corrected chi connectivity index (χ1v) is 8.28. The van der Waals surface area contributed by atoms with Gasteiger partial charge < -0.3 is 15.4 Å². The monoisotopic (exact) mass is 386 g/mol. The van der Waals surface area contributed by atoms with Crippen LogP contribution in [0.1, 0.15) is 15.9 Å². The largest absolute Gasteiger partial charge is 0.497 e. The number of amides is 1. The van der Waals surface area contributed by atoms with E-state index in [-0.39, 0.29) is 5.91 Å². The molecule has 0 aliphatic rings. The van der Waals surface area contributed by atoms with E-state index in [2.05, 4.69) is 10.6 Å². The molecular formula is C17H17Cl3N2O2. The molecule has 2 aromatic rings. The number of anilines is 1. The van der Waals surface area contributed by atoms with Gasteiger partial charge in [0.25, 0.3) is 5.91 Å². The Hall–Kier alpha value is -1.62. The van der Waals surface area contributed by atoms with Gasteiger partial charge in [0.1, 0.15) is 11.9 Å². The van der Waals surface area contributed by atoms with Gasteiger partial charge in [-0.2, -0.15) is 0 Å². The van der Waals surface area contributed by atoms with Gasteiger partial charge >= 0.3 is 0 Å². The fourth-order valence-electron chi connectivity index (χ4n) is 2.06. The molecular weight excluding hydrogens is 371 g/mol. The summed E-state index contributed by atoms with van der Waals surface area (Å²) in [5.74, 6) is 0.288. The first-order chi connectivity index (χ1) is 11.3. The first-order valence-electron chi connectivity index (χ1n) is 7.14. The van der Waals surface area contributed by atoms with Crippen LogP contribution in [0.5, 0.6) is 5.75 Å². The van der Waals surface area contributed by atoms with E-state index in [1.807, 2.05) is 31.2 Å². The van der Waals surface area contributed by atoms with Crippen LogP contribution in [-0.4, -0.2) is 23.0 Å². The highest BCUT2D eigenvalue weighted by Gasteiger charge is 2.34. The zero-order valence-electron chi connectivity index (χ0n) is 13.1. The van der Waals surface area contributed by atoms with Crippen LogP contribution < -0.4 is 15.4 Å². The Morgan fingerprint density at radius 1 is 1.12 bits per heavy atom. The topological polar surface area (TPSA) is 50.4 Å². The number of hydrogen-bond donors (Lipinski definition) is 2. The summed E-state index contributed by atoms with van der Waals surface area (Å²) in [4.78, 5) is 12.4. The van der Waals surface area contributed by atoms with Crippen molar-refractivity contribution in [3.63, 3.8) is 0 Å². The number of nitrogens with one attached hydrogen (secondary N) is 2. The van der Waals surface area contributed by atoms with Gasteiger partial charge in [-0.25, -0.2) is 0 Å². The number of carbonyl (C=O) groups excluding carboxylic acids is 1. The van der Waals surface area contributed by atoms with E-state index in [0.717, 1.165) is 11.3 Å². The van der Waals surface area contributed by atoms with Crippen molar-refractivity contribution in [1.82, 2.24) is 5.32 Å². The minimum absolute atomic E-state index is 0.367. The molecule has 0 aliphatic carbocycles. The van der Waals surface area contributed by atoms with E-state index in [1.54, 1.807) is 31.4 Å². The minimum Gasteiger partial charge on any atom is -0.497 e. The predicted octanol–water partition coefficient (Wildman–Crippen LogP) is 4.54. The number of alkyl halides is 3. The van der Waals surface area contributed by atoms with Crippen LogP contribution in [0.2, 0.25) is 0 Å². The molecule has 128 valence electrons. The van der Waals surface area contributed by atoms with Crippen LogP contribution in [0.3, 0.4) is 0 Å². The summed E-state index contributed by atoms with van der Waals surface area (Å²) in [6, 6.07) is 14.2. The lowest BCUT2D eigenvalue weighted by molar-refractivity contribution is 0.0942. The summed E-state index contributed by atoms with van der Waals surface area (Å²) in [7, 11) is 1.56. The lowest BCUT2D eigenvalue weighted by atomic mass is 10.2. The number of carbonyl (C=O) groups is 1. The summed E-state index contributed by atoms with van der Waals surface area (Å²) in [6.45, 7) is 1.95. The fourth-order valence-corrected chi connectivity index (χ4v) is 2.39. The molecule has 2 N–H and O–H groups in total. The predicted molar refractivity (Wildman–Crippen MR) is 99.3 cm³/mol. The Morgan fingerprint density at radius 3 is 2.33 bits per heavy atom. The lowest BCUT2D eigenvalue weighted by Crippen LogP contribution is -2.49. The van der Waals surface area contributed by atoms with Gasteiger partial charge in [0.15, 0.2) is 0 Å². The minimum atomic E-state index is -1.73. The molecule has 0 aromatic heterocycles. The number of halogens is 3. The molecule has 2 rings (SSSR count). The van der Waals surface area contributed by atoms with Crippen LogP contribution in [0.4, 0.5) is 5.69 Å². The Bertz CT molecular complexity index is 700. The van der Waals surface area contributed by atoms with E-state index >= 15 is 0 Å². The number of aryl methyl sites for hydroxylation is 1. The van der Waals surface area contributed by atoms with Crippen molar-refractivity contribution in [2.24, 2.45) is 0 Å². The second kappa shape index (κ2) is 7.97. The third-order valence-corrected chi connectivity index (χ3v) is 3.94. The highest BCUT2D eigenvalue weighted by Crippen LogP contribution is 2.31. The van der Waals surface area contributed by atoms with Crippen LogP contribution in [0.25, 0.3) is 0 Å². The molecule has 24 heavy (non-hydrogen) atoms. The molecule has 0 aliphatic heterocycles. The smallest absolute Gasteiger partial charge is 0.252 e. The summed E-state index contributed by atoms with van der Waals surface area (Å²) < 4.78 is 3.34. The Balaban J connectivity index is 2.14. The van der Waals surface area contributed by atoms with Gasteiger partial charge in [-0.15, -0.1) is 0 Å². The molecule has 0 heterocycles. The molecule has 2 aromatic carbocycles. The van der Waals surface area contributed by atoms with Gasteiger partial charge in [0, 0.05) is 11.3 Å². The van der Waals surface area contributed by atoms with Crippen molar-refractivity contribution in [2.45, 2.75) is 16.9 Å². The standard InChI is InChI=1S/C17H17Cl3N2O2/c1-11-4-3-5-13(10-11)21-16(17(18,19)20)22-15(23)12-6-8-14(24-2)9-7-12/h3-10,16,21H,1-2H3,(H,22,23). The summed E-state index contributed by atoms with van der Waals surface area (Å²) >= 11 is 18.0. The highest BCUT2D eigenvalue weighted by atomic mass is 35.6. The maximum Gasteiger partial charge on any atom is 0.252 e. The van der Waals surface area contributed by atoms with Gasteiger partial charge in [0.2, 0.25) is 3.79 Å². The van der Waals surface area contributed by atoms with Crippen LogP contribution in [0.15, 0.2) is 48.5 Å². The van der Waals surface area contributed by atoms with Crippen LogP contribution >= 0.6 is 34.8 Å². The number of benzene rings is 2. The number of rotatable bonds is 5. The molecule has 4 nitrogen and oxygen atoms in total. The van der Waals surface area contributed by atoms with E-state index in [9.17, 15) is 4.79 Å². The Morgan fingerprint density at radius 2 is 1.79 bits per heavy atom. The van der Waals surface area contributed by atoms with Crippen LogP contribution in [-0.2, 0) is 0 Å². The van der Waals surface area contributed by atoms with E-state index < -0.39 is 9.96 Å². The van der Waals surface area contributed by atoms with Crippen molar-refractivity contribution in [1.29, 1.82) is 0 Å². The van der Waals surface area contributed by atoms with Gasteiger partial charge in [-0.1, -0.05) is 46.9 Å². The average Bonchev–Trinajstić information content (AvgIpc) is 2.53. The van der Waals surface area contributed by atoms with Gasteiger partial charge in [-0.3, -0.25) is 4.79 Å². The second-order valence-electron chi connectivity index (χ2n) is 5.19.